The molecule has 0 bridgehead atoms. The third-order valence-electron chi connectivity index (χ3n) is 6.10. The number of hydrogen-bond acceptors (Lipinski definition) is 4. The molecule has 186 valence electrons. The van der Waals surface area contributed by atoms with E-state index >= 15 is 0 Å². The van der Waals surface area contributed by atoms with Crippen molar-refractivity contribution in [2.24, 2.45) is 0 Å². The molecule has 0 heterocycles. The van der Waals surface area contributed by atoms with Crippen molar-refractivity contribution in [3.63, 3.8) is 0 Å². The lowest BCUT2D eigenvalue weighted by Crippen LogP contribution is -2.04. The van der Waals surface area contributed by atoms with E-state index in [-0.39, 0.29) is 0 Å². The summed E-state index contributed by atoms with van der Waals surface area (Å²) in [5.41, 5.74) is 2.23. The van der Waals surface area contributed by atoms with Gasteiger partial charge in [-0.2, -0.15) is 25.3 Å². The van der Waals surface area contributed by atoms with Crippen LogP contribution in [0.4, 0.5) is 0 Å². The molecule has 0 aliphatic rings. The van der Waals surface area contributed by atoms with Crippen molar-refractivity contribution in [3.8, 4) is 11.5 Å². The minimum Gasteiger partial charge on any atom is -0.493 e. The van der Waals surface area contributed by atoms with Crippen LogP contribution in [0.2, 0.25) is 0 Å². The molecular weight excluding hydrogens is 432 g/mol. The van der Waals surface area contributed by atoms with E-state index in [4.69, 9.17) is 9.47 Å². The number of rotatable bonds is 22. The van der Waals surface area contributed by atoms with Gasteiger partial charge in [0.1, 0.15) is 11.5 Å². The fourth-order valence-electron chi connectivity index (χ4n) is 4.00. The first-order valence-corrected chi connectivity index (χ1v) is 14.7. The maximum atomic E-state index is 6.13. The summed E-state index contributed by atoms with van der Waals surface area (Å²) in [7, 11) is 0. The Morgan fingerprint density at radius 2 is 0.812 bits per heavy atom. The van der Waals surface area contributed by atoms with Gasteiger partial charge in [-0.05, 0) is 25.0 Å². The Bertz CT molecular complexity index is 513. The standard InChI is InChI=1S/C28H50O2S2/c1-3-5-7-9-11-13-15-17-19-29-27-21-26(24-32)28(22-25(27)23-31)30-20-18-16-14-12-10-8-6-4-2/h21-22,31-32H,3-20,23-24H2,1-2H3. The van der Waals surface area contributed by atoms with Crippen molar-refractivity contribution in [1.29, 1.82) is 0 Å². The number of hydrogen-bond donors (Lipinski definition) is 2. The van der Waals surface area contributed by atoms with Gasteiger partial charge < -0.3 is 9.47 Å². The maximum absolute atomic E-state index is 6.13. The second-order valence-corrected chi connectivity index (χ2v) is 9.66. The molecule has 0 aliphatic heterocycles. The lowest BCUT2D eigenvalue weighted by Gasteiger charge is -2.16. The number of thiol groups is 2. The van der Waals surface area contributed by atoms with Crippen LogP contribution in [0.15, 0.2) is 12.1 Å². The summed E-state index contributed by atoms with van der Waals surface area (Å²) in [4.78, 5) is 0. The summed E-state index contributed by atoms with van der Waals surface area (Å²) in [6.45, 7) is 6.09. The SMILES string of the molecule is CCCCCCCCCCOc1cc(CS)c(OCCCCCCCCCC)cc1CS. The van der Waals surface area contributed by atoms with Crippen LogP contribution in [0.3, 0.4) is 0 Å². The number of unbranched alkanes of at least 4 members (excludes halogenated alkanes) is 14. The van der Waals surface area contributed by atoms with Crippen molar-refractivity contribution in [2.75, 3.05) is 13.2 Å². The van der Waals surface area contributed by atoms with E-state index in [9.17, 15) is 0 Å². The molecule has 0 spiro atoms. The lowest BCUT2D eigenvalue weighted by molar-refractivity contribution is 0.292. The van der Waals surface area contributed by atoms with E-state index in [1.165, 1.54) is 89.9 Å². The number of benzene rings is 1. The molecule has 0 amide bonds. The molecule has 4 heteroatoms. The van der Waals surface area contributed by atoms with E-state index in [0.29, 0.717) is 11.5 Å². The van der Waals surface area contributed by atoms with Crippen LogP contribution >= 0.6 is 25.3 Å². The molecule has 0 aliphatic carbocycles. The Hall–Kier alpha value is -0.480. The fraction of sp³-hybridized carbons (Fsp3) is 0.786. The van der Waals surface area contributed by atoms with Crippen molar-refractivity contribution < 1.29 is 9.47 Å². The number of ether oxygens (including phenoxy) is 2. The van der Waals surface area contributed by atoms with Crippen LogP contribution in [0.25, 0.3) is 0 Å². The highest BCUT2D eigenvalue weighted by Gasteiger charge is 2.11. The third kappa shape index (κ3) is 13.9. The monoisotopic (exact) mass is 482 g/mol. The maximum Gasteiger partial charge on any atom is 0.123 e. The van der Waals surface area contributed by atoms with Gasteiger partial charge in [-0.25, -0.2) is 0 Å². The molecular formula is C28H50O2S2. The van der Waals surface area contributed by atoms with Crippen molar-refractivity contribution >= 4 is 25.3 Å². The van der Waals surface area contributed by atoms with Crippen LogP contribution in [0, 0.1) is 0 Å². The second-order valence-electron chi connectivity index (χ2n) is 9.03. The van der Waals surface area contributed by atoms with Gasteiger partial charge in [-0.1, -0.05) is 104 Å². The molecule has 0 saturated carbocycles. The van der Waals surface area contributed by atoms with Crippen LogP contribution in [-0.4, -0.2) is 13.2 Å². The van der Waals surface area contributed by atoms with E-state index < -0.39 is 0 Å². The zero-order valence-electron chi connectivity index (χ0n) is 21.0. The van der Waals surface area contributed by atoms with Crippen molar-refractivity contribution in [2.45, 2.75) is 128 Å². The first kappa shape index (κ1) is 29.6. The normalized spacial score (nSPS) is 11.1. The molecule has 0 saturated heterocycles. The van der Waals surface area contributed by atoms with Gasteiger partial charge in [0.25, 0.3) is 0 Å². The Morgan fingerprint density at radius 3 is 1.12 bits per heavy atom. The summed E-state index contributed by atoms with van der Waals surface area (Å²) in [6, 6.07) is 4.23. The lowest BCUT2D eigenvalue weighted by atomic mass is 10.1. The van der Waals surface area contributed by atoms with Crippen molar-refractivity contribution in [3.05, 3.63) is 23.3 Å². The second kappa shape index (κ2) is 21.1. The fourth-order valence-corrected chi connectivity index (χ4v) is 4.49. The summed E-state index contributed by atoms with van der Waals surface area (Å²) < 4.78 is 12.3. The molecule has 0 radical (unpaired) electrons. The molecule has 1 rings (SSSR count). The predicted molar refractivity (Wildman–Crippen MR) is 148 cm³/mol. The molecule has 0 atom stereocenters. The van der Waals surface area contributed by atoms with Crippen LogP contribution in [0.1, 0.15) is 128 Å². The highest BCUT2D eigenvalue weighted by Crippen LogP contribution is 2.31. The quantitative estimate of drug-likeness (QED) is 0.127. The van der Waals surface area contributed by atoms with E-state index in [1.54, 1.807) is 0 Å². The Balaban J connectivity index is 2.33. The van der Waals surface area contributed by atoms with E-state index in [0.717, 1.165) is 48.7 Å². The van der Waals surface area contributed by atoms with Crippen molar-refractivity contribution in [1.82, 2.24) is 0 Å². The summed E-state index contributed by atoms with van der Waals surface area (Å²) in [6.07, 6.45) is 21.0. The van der Waals surface area contributed by atoms with E-state index in [2.05, 4.69) is 51.2 Å². The zero-order valence-corrected chi connectivity index (χ0v) is 22.8. The smallest absolute Gasteiger partial charge is 0.123 e. The minimum atomic E-state index is 0.660. The largest absolute Gasteiger partial charge is 0.493 e. The highest BCUT2D eigenvalue weighted by atomic mass is 32.1. The highest BCUT2D eigenvalue weighted by molar-refractivity contribution is 7.79. The average molecular weight is 483 g/mol. The molecule has 2 nitrogen and oxygen atoms in total. The molecule has 1 aromatic carbocycles. The van der Waals surface area contributed by atoms with E-state index in [1.807, 2.05) is 0 Å². The molecule has 32 heavy (non-hydrogen) atoms. The van der Waals surface area contributed by atoms with Gasteiger partial charge in [-0.15, -0.1) is 0 Å². The summed E-state index contributed by atoms with van der Waals surface area (Å²) in [5.74, 6) is 3.22. The van der Waals surface area contributed by atoms with Gasteiger partial charge in [-0.3, -0.25) is 0 Å². The zero-order chi connectivity index (χ0) is 23.3. The molecule has 1 aromatic rings. The molecule has 0 N–H and O–H groups in total. The topological polar surface area (TPSA) is 18.5 Å². The Labute approximate surface area is 210 Å². The molecule has 0 aromatic heterocycles. The summed E-state index contributed by atoms with van der Waals surface area (Å²) in [5, 5.41) is 0. The predicted octanol–water partition coefficient (Wildman–Crippen LogP) is 9.59. The van der Waals surface area contributed by atoms with Gasteiger partial charge in [0.15, 0.2) is 0 Å². The third-order valence-corrected chi connectivity index (χ3v) is 6.78. The van der Waals surface area contributed by atoms with Gasteiger partial charge in [0.2, 0.25) is 0 Å². The van der Waals surface area contributed by atoms with Gasteiger partial charge in [0, 0.05) is 22.6 Å². The first-order valence-electron chi connectivity index (χ1n) is 13.4. The van der Waals surface area contributed by atoms with Crippen LogP contribution in [0.5, 0.6) is 11.5 Å². The Kier molecular flexibility index (Phi) is 19.5. The minimum absolute atomic E-state index is 0.660. The van der Waals surface area contributed by atoms with Crippen LogP contribution in [-0.2, 0) is 11.5 Å². The Morgan fingerprint density at radius 1 is 0.500 bits per heavy atom. The first-order chi connectivity index (χ1) is 15.8. The summed E-state index contributed by atoms with van der Waals surface area (Å²) >= 11 is 9.05. The average Bonchev–Trinajstić information content (AvgIpc) is 2.82. The molecule has 0 unspecified atom stereocenters. The van der Waals surface area contributed by atoms with Crippen LogP contribution < -0.4 is 9.47 Å². The van der Waals surface area contributed by atoms with Gasteiger partial charge in [0.05, 0.1) is 13.2 Å². The molecule has 0 fully saturated rings. The van der Waals surface area contributed by atoms with Gasteiger partial charge >= 0.3 is 0 Å².